The first kappa shape index (κ1) is 10.5. The number of hydrogen-bond acceptors (Lipinski definition) is 2. The maximum Gasteiger partial charge on any atom is 0.119 e. The van der Waals surface area contributed by atoms with Crippen molar-refractivity contribution in [2.45, 2.75) is 12.8 Å². The van der Waals surface area contributed by atoms with Crippen molar-refractivity contribution in [2.75, 3.05) is 25.1 Å². The average molecular weight is 227 g/mol. The van der Waals surface area contributed by atoms with Gasteiger partial charge in [-0.3, -0.25) is 0 Å². The molecular formula is C15H17NO. The van der Waals surface area contributed by atoms with Gasteiger partial charge in [-0.05, 0) is 47.9 Å². The summed E-state index contributed by atoms with van der Waals surface area (Å²) in [5, 5.41) is 2.53. The van der Waals surface area contributed by atoms with Crippen LogP contribution in [-0.4, -0.2) is 20.2 Å². The molecule has 2 aromatic carbocycles. The van der Waals surface area contributed by atoms with Crippen molar-refractivity contribution in [3.8, 4) is 5.75 Å². The van der Waals surface area contributed by atoms with Gasteiger partial charge in [0.1, 0.15) is 5.75 Å². The molecule has 17 heavy (non-hydrogen) atoms. The molecule has 1 saturated heterocycles. The van der Waals surface area contributed by atoms with E-state index in [2.05, 4.69) is 35.2 Å². The van der Waals surface area contributed by atoms with E-state index < -0.39 is 0 Å². The van der Waals surface area contributed by atoms with Gasteiger partial charge in [-0.15, -0.1) is 0 Å². The Morgan fingerprint density at radius 3 is 2.41 bits per heavy atom. The number of ether oxygens (including phenoxy) is 1. The first-order chi connectivity index (χ1) is 8.36. The Bertz CT molecular complexity index is 529. The molecule has 1 aliphatic rings. The topological polar surface area (TPSA) is 12.5 Å². The number of benzene rings is 2. The number of rotatable bonds is 2. The van der Waals surface area contributed by atoms with Crippen LogP contribution in [-0.2, 0) is 0 Å². The van der Waals surface area contributed by atoms with Crippen LogP contribution < -0.4 is 9.64 Å². The van der Waals surface area contributed by atoms with Crippen molar-refractivity contribution in [3.63, 3.8) is 0 Å². The van der Waals surface area contributed by atoms with Crippen LogP contribution in [0.4, 0.5) is 5.69 Å². The normalized spacial score (nSPS) is 15.5. The first-order valence-corrected chi connectivity index (χ1v) is 6.19. The van der Waals surface area contributed by atoms with Gasteiger partial charge in [0.05, 0.1) is 7.11 Å². The van der Waals surface area contributed by atoms with Gasteiger partial charge in [0.2, 0.25) is 0 Å². The van der Waals surface area contributed by atoms with Gasteiger partial charge in [-0.25, -0.2) is 0 Å². The molecule has 0 unspecified atom stereocenters. The Morgan fingerprint density at radius 2 is 1.65 bits per heavy atom. The summed E-state index contributed by atoms with van der Waals surface area (Å²) in [4.78, 5) is 2.46. The summed E-state index contributed by atoms with van der Waals surface area (Å²) < 4.78 is 5.24. The molecule has 2 aromatic rings. The minimum absolute atomic E-state index is 0.923. The van der Waals surface area contributed by atoms with E-state index >= 15 is 0 Å². The molecule has 3 rings (SSSR count). The predicted molar refractivity (Wildman–Crippen MR) is 71.9 cm³/mol. The van der Waals surface area contributed by atoms with Crippen LogP contribution >= 0.6 is 0 Å². The third-order valence-corrected chi connectivity index (χ3v) is 3.50. The summed E-state index contributed by atoms with van der Waals surface area (Å²) in [6.07, 6.45) is 2.64. The highest BCUT2D eigenvalue weighted by Gasteiger charge is 2.12. The van der Waals surface area contributed by atoms with E-state index in [0.717, 1.165) is 5.75 Å². The molecule has 1 heterocycles. The molecule has 0 aliphatic carbocycles. The lowest BCUT2D eigenvalue weighted by Crippen LogP contribution is -2.17. The van der Waals surface area contributed by atoms with Crippen molar-refractivity contribution >= 4 is 16.5 Å². The summed E-state index contributed by atoms with van der Waals surface area (Å²) in [6.45, 7) is 2.39. The lowest BCUT2D eigenvalue weighted by molar-refractivity contribution is 0.415. The molecule has 0 bridgehead atoms. The third-order valence-electron chi connectivity index (χ3n) is 3.50. The largest absolute Gasteiger partial charge is 0.497 e. The van der Waals surface area contributed by atoms with E-state index in [-0.39, 0.29) is 0 Å². The summed E-state index contributed by atoms with van der Waals surface area (Å²) in [7, 11) is 1.71. The van der Waals surface area contributed by atoms with Gasteiger partial charge in [0.25, 0.3) is 0 Å². The molecular weight excluding hydrogens is 210 g/mol. The van der Waals surface area contributed by atoms with E-state index in [0.29, 0.717) is 0 Å². The fraction of sp³-hybridized carbons (Fsp3) is 0.333. The lowest BCUT2D eigenvalue weighted by Gasteiger charge is -2.18. The molecule has 88 valence electrons. The summed E-state index contributed by atoms with van der Waals surface area (Å²) in [5.41, 5.74) is 1.35. The molecule has 2 nitrogen and oxygen atoms in total. The van der Waals surface area contributed by atoms with Gasteiger partial charge in [-0.2, -0.15) is 0 Å². The maximum absolute atomic E-state index is 5.24. The molecule has 1 aliphatic heterocycles. The number of nitrogens with zero attached hydrogens (tertiary/aromatic N) is 1. The molecule has 0 aromatic heterocycles. The Balaban J connectivity index is 2.01. The van der Waals surface area contributed by atoms with Crippen molar-refractivity contribution in [1.29, 1.82) is 0 Å². The smallest absolute Gasteiger partial charge is 0.119 e. The van der Waals surface area contributed by atoms with Crippen LogP contribution in [0, 0.1) is 0 Å². The third kappa shape index (κ3) is 1.95. The minimum atomic E-state index is 0.923. The van der Waals surface area contributed by atoms with Crippen LogP contribution in [0.25, 0.3) is 10.8 Å². The quantitative estimate of drug-likeness (QED) is 0.779. The molecule has 0 spiro atoms. The second kappa shape index (κ2) is 4.28. The molecule has 2 heteroatoms. The number of anilines is 1. The van der Waals surface area contributed by atoms with Crippen LogP contribution in [0.15, 0.2) is 36.4 Å². The Labute approximate surface area is 102 Å². The SMILES string of the molecule is COc1ccc2cc(N3CCCC3)ccc2c1. The zero-order valence-electron chi connectivity index (χ0n) is 10.1. The number of fused-ring (bicyclic) bond motifs is 1. The standard InChI is InChI=1S/C15H17NO/c1-17-15-7-5-12-10-14(6-4-13(12)11-15)16-8-2-3-9-16/h4-7,10-11H,2-3,8-9H2,1H3. The van der Waals surface area contributed by atoms with Crippen molar-refractivity contribution < 1.29 is 4.74 Å². The van der Waals surface area contributed by atoms with Crippen LogP contribution in [0.3, 0.4) is 0 Å². The molecule has 0 atom stereocenters. The van der Waals surface area contributed by atoms with E-state index in [4.69, 9.17) is 4.74 Å². The van der Waals surface area contributed by atoms with Crippen molar-refractivity contribution in [1.82, 2.24) is 0 Å². The highest BCUT2D eigenvalue weighted by molar-refractivity contribution is 5.87. The second-order valence-electron chi connectivity index (χ2n) is 4.59. The van der Waals surface area contributed by atoms with E-state index in [1.807, 2.05) is 6.07 Å². The predicted octanol–water partition coefficient (Wildman–Crippen LogP) is 3.45. The van der Waals surface area contributed by atoms with Gasteiger partial charge >= 0.3 is 0 Å². The molecule has 1 fully saturated rings. The van der Waals surface area contributed by atoms with E-state index in [1.54, 1.807) is 7.11 Å². The van der Waals surface area contributed by atoms with Gasteiger partial charge in [0, 0.05) is 18.8 Å². The minimum Gasteiger partial charge on any atom is -0.497 e. The zero-order chi connectivity index (χ0) is 11.7. The Hall–Kier alpha value is -1.70. The lowest BCUT2D eigenvalue weighted by atomic mass is 10.1. The molecule has 0 amide bonds. The Morgan fingerprint density at radius 1 is 0.941 bits per heavy atom. The Kier molecular flexibility index (Phi) is 2.63. The van der Waals surface area contributed by atoms with Crippen LogP contribution in [0.5, 0.6) is 5.75 Å². The summed E-state index contributed by atoms with van der Waals surface area (Å²) in [6, 6.07) is 12.9. The van der Waals surface area contributed by atoms with Crippen LogP contribution in [0.2, 0.25) is 0 Å². The molecule has 0 N–H and O–H groups in total. The van der Waals surface area contributed by atoms with Gasteiger partial charge in [0.15, 0.2) is 0 Å². The molecule has 0 saturated carbocycles. The van der Waals surface area contributed by atoms with E-state index in [9.17, 15) is 0 Å². The fourth-order valence-electron chi connectivity index (χ4n) is 2.51. The second-order valence-corrected chi connectivity index (χ2v) is 4.59. The molecule has 0 radical (unpaired) electrons. The summed E-state index contributed by atoms with van der Waals surface area (Å²) >= 11 is 0. The zero-order valence-corrected chi connectivity index (χ0v) is 10.1. The monoisotopic (exact) mass is 227 g/mol. The van der Waals surface area contributed by atoms with Crippen molar-refractivity contribution in [2.24, 2.45) is 0 Å². The average Bonchev–Trinajstić information content (AvgIpc) is 2.91. The fourth-order valence-corrected chi connectivity index (χ4v) is 2.51. The summed E-state index contributed by atoms with van der Waals surface area (Å²) in [5.74, 6) is 0.923. The van der Waals surface area contributed by atoms with Gasteiger partial charge < -0.3 is 9.64 Å². The number of methoxy groups -OCH3 is 1. The maximum atomic E-state index is 5.24. The van der Waals surface area contributed by atoms with Gasteiger partial charge in [-0.1, -0.05) is 12.1 Å². The van der Waals surface area contributed by atoms with E-state index in [1.165, 1.54) is 42.4 Å². The first-order valence-electron chi connectivity index (χ1n) is 6.19. The van der Waals surface area contributed by atoms with Crippen molar-refractivity contribution in [3.05, 3.63) is 36.4 Å². The van der Waals surface area contributed by atoms with Crippen LogP contribution in [0.1, 0.15) is 12.8 Å². The highest BCUT2D eigenvalue weighted by atomic mass is 16.5. The number of hydrogen-bond donors (Lipinski definition) is 0. The highest BCUT2D eigenvalue weighted by Crippen LogP contribution is 2.27.